The summed E-state index contributed by atoms with van der Waals surface area (Å²) in [4.78, 5) is 0. The molecule has 0 aliphatic carbocycles. The molecule has 0 atom stereocenters. The number of rotatable bonds is 4. The van der Waals surface area contributed by atoms with Crippen molar-refractivity contribution in [1.82, 2.24) is 0 Å². The van der Waals surface area contributed by atoms with E-state index in [1.807, 2.05) is 0 Å². The van der Waals surface area contributed by atoms with Crippen molar-refractivity contribution in [3.8, 4) is 0 Å². The number of hydrogen-bond donors (Lipinski definition) is 2. The second kappa shape index (κ2) is 4.59. The van der Waals surface area contributed by atoms with Crippen molar-refractivity contribution in [3.63, 3.8) is 0 Å². The summed E-state index contributed by atoms with van der Waals surface area (Å²) in [5.74, 6) is -0.513. The quantitative estimate of drug-likeness (QED) is 0.807. The molecule has 0 aromatic heterocycles. The fourth-order valence-electron chi connectivity index (χ4n) is 1.09. The van der Waals surface area contributed by atoms with E-state index >= 15 is 0 Å². The lowest BCUT2D eigenvalue weighted by Gasteiger charge is -2.07. The third-order valence-corrected chi connectivity index (χ3v) is 3.14. The fraction of sp³-hybridized carbons (Fsp3) is 0.333. The zero-order valence-corrected chi connectivity index (χ0v) is 9.14. The standard InChI is InChI=1S/C9H13FN2O2S/c1-7-6-8(2-3-9(7)10)12-15(13,14)5-4-11/h2-3,6,12H,4-5,11H2,1H3. The highest BCUT2D eigenvalue weighted by Gasteiger charge is 2.09. The molecule has 0 spiro atoms. The Labute approximate surface area is 88.3 Å². The number of anilines is 1. The molecule has 6 heteroatoms. The first-order valence-corrected chi connectivity index (χ1v) is 6.06. The molecule has 0 saturated carbocycles. The average molecular weight is 232 g/mol. The molecule has 0 aliphatic heterocycles. The van der Waals surface area contributed by atoms with Gasteiger partial charge in [-0.25, -0.2) is 12.8 Å². The fourth-order valence-corrected chi connectivity index (χ4v) is 1.99. The van der Waals surface area contributed by atoms with Gasteiger partial charge >= 0.3 is 0 Å². The molecule has 1 rings (SSSR count). The van der Waals surface area contributed by atoms with Gasteiger partial charge in [0.15, 0.2) is 0 Å². The number of nitrogens with one attached hydrogen (secondary N) is 1. The van der Waals surface area contributed by atoms with Crippen LogP contribution in [0.2, 0.25) is 0 Å². The van der Waals surface area contributed by atoms with E-state index in [0.717, 1.165) is 0 Å². The molecule has 4 nitrogen and oxygen atoms in total. The van der Waals surface area contributed by atoms with Gasteiger partial charge in [0.1, 0.15) is 5.82 Å². The van der Waals surface area contributed by atoms with E-state index in [0.29, 0.717) is 11.3 Å². The van der Waals surface area contributed by atoms with Gasteiger partial charge in [-0.05, 0) is 30.7 Å². The Morgan fingerprint density at radius 2 is 2.13 bits per heavy atom. The second-order valence-electron chi connectivity index (χ2n) is 3.17. The maximum absolute atomic E-state index is 12.9. The van der Waals surface area contributed by atoms with Gasteiger partial charge < -0.3 is 5.73 Å². The van der Waals surface area contributed by atoms with Crippen LogP contribution in [0, 0.1) is 12.7 Å². The van der Waals surface area contributed by atoms with Crippen LogP contribution in [0.5, 0.6) is 0 Å². The largest absolute Gasteiger partial charge is 0.329 e. The summed E-state index contributed by atoms with van der Waals surface area (Å²) in [5, 5.41) is 0. The van der Waals surface area contributed by atoms with Gasteiger partial charge in [0.05, 0.1) is 5.75 Å². The van der Waals surface area contributed by atoms with Crippen molar-refractivity contribution in [3.05, 3.63) is 29.6 Å². The zero-order chi connectivity index (χ0) is 11.5. The summed E-state index contributed by atoms with van der Waals surface area (Å²) in [5.41, 5.74) is 5.88. The lowest BCUT2D eigenvalue weighted by Crippen LogP contribution is -2.22. The Balaban J connectivity index is 2.86. The Morgan fingerprint density at radius 3 is 2.67 bits per heavy atom. The number of benzene rings is 1. The zero-order valence-electron chi connectivity index (χ0n) is 8.33. The Bertz CT molecular complexity index is 445. The van der Waals surface area contributed by atoms with Gasteiger partial charge in [-0.15, -0.1) is 0 Å². The number of hydrogen-bond acceptors (Lipinski definition) is 3. The first-order chi connectivity index (χ1) is 6.94. The van der Waals surface area contributed by atoms with E-state index in [1.165, 1.54) is 18.2 Å². The van der Waals surface area contributed by atoms with Gasteiger partial charge in [-0.1, -0.05) is 0 Å². The third kappa shape index (κ3) is 3.49. The summed E-state index contributed by atoms with van der Waals surface area (Å²) < 4.78 is 37.8. The molecular weight excluding hydrogens is 219 g/mol. The van der Waals surface area contributed by atoms with E-state index in [4.69, 9.17) is 5.73 Å². The smallest absolute Gasteiger partial charge is 0.233 e. The molecule has 0 radical (unpaired) electrons. The number of halogens is 1. The van der Waals surface area contributed by atoms with Crippen LogP contribution < -0.4 is 10.5 Å². The predicted octanol–water partition coefficient (Wildman–Crippen LogP) is 0.835. The highest BCUT2D eigenvalue weighted by Crippen LogP contribution is 2.14. The van der Waals surface area contributed by atoms with Crippen LogP contribution in [-0.2, 0) is 10.0 Å². The first kappa shape index (κ1) is 11.9. The van der Waals surface area contributed by atoms with Crippen LogP contribution in [0.25, 0.3) is 0 Å². The first-order valence-electron chi connectivity index (χ1n) is 4.41. The maximum Gasteiger partial charge on any atom is 0.233 e. The summed E-state index contributed by atoms with van der Waals surface area (Å²) in [7, 11) is -3.41. The third-order valence-electron chi connectivity index (χ3n) is 1.82. The van der Waals surface area contributed by atoms with Crippen LogP contribution in [0.4, 0.5) is 10.1 Å². The van der Waals surface area contributed by atoms with E-state index in [9.17, 15) is 12.8 Å². The SMILES string of the molecule is Cc1cc(NS(=O)(=O)CCN)ccc1F. The molecule has 0 aliphatic rings. The van der Waals surface area contributed by atoms with Crippen molar-refractivity contribution < 1.29 is 12.8 Å². The Hall–Kier alpha value is -1.14. The predicted molar refractivity (Wildman–Crippen MR) is 57.6 cm³/mol. The van der Waals surface area contributed by atoms with Crippen LogP contribution in [0.15, 0.2) is 18.2 Å². The summed E-state index contributed by atoms with van der Waals surface area (Å²) in [6.45, 7) is 1.62. The summed E-state index contributed by atoms with van der Waals surface area (Å²) in [6.07, 6.45) is 0. The Morgan fingerprint density at radius 1 is 1.47 bits per heavy atom. The van der Waals surface area contributed by atoms with Crippen LogP contribution in [-0.4, -0.2) is 20.7 Å². The minimum Gasteiger partial charge on any atom is -0.329 e. The van der Waals surface area contributed by atoms with E-state index < -0.39 is 10.0 Å². The molecular formula is C9H13FN2O2S. The number of aryl methyl sites for hydroxylation is 1. The summed E-state index contributed by atoms with van der Waals surface area (Å²) in [6, 6.07) is 4.02. The molecule has 3 N–H and O–H groups in total. The Kier molecular flexibility index (Phi) is 3.65. The van der Waals surface area contributed by atoms with E-state index in [2.05, 4.69) is 4.72 Å². The lowest BCUT2D eigenvalue weighted by molar-refractivity contribution is 0.600. The van der Waals surface area contributed by atoms with E-state index in [-0.39, 0.29) is 18.1 Å². The van der Waals surface area contributed by atoms with Crippen LogP contribution in [0.1, 0.15) is 5.56 Å². The normalized spacial score (nSPS) is 11.4. The van der Waals surface area contributed by atoms with Gasteiger partial charge in [0.2, 0.25) is 10.0 Å². The highest BCUT2D eigenvalue weighted by atomic mass is 32.2. The monoisotopic (exact) mass is 232 g/mol. The van der Waals surface area contributed by atoms with Crippen molar-refractivity contribution in [2.75, 3.05) is 17.0 Å². The number of sulfonamides is 1. The molecule has 1 aromatic carbocycles. The summed E-state index contributed by atoms with van der Waals surface area (Å²) >= 11 is 0. The van der Waals surface area contributed by atoms with Crippen molar-refractivity contribution in [1.29, 1.82) is 0 Å². The second-order valence-corrected chi connectivity index (χ2v) is 5.02. The molecule has 0 heterocycles. The minimum atomic E-state index is -3.41. The minimum absolute atomic E-state index is 0.0511. The topological polar surface area (TPSA) is 72.2 Å². The van der Waals surface area contributed by atoms with Crippen molar-refractivity contribution in [2.45, 2.75) is 6.92 Å². The van der Waals surface area contributed by atoms with Crippen molar-refractivity contribution in [2.24, 2.45) is 5.73 Å². The molecule has 84 valence electrons. The van der Waals surface area contributed by atoms with Gasteiger partial charge in [0.25, 0.3) is 0 Å². The van der Waals surface area contributed by atoms with Gasteiger partial charge in [-0.3, -0.25) is 4.72 Å². The van der Waals surface area contributed by atoms with Crippen molar-refractivity contribution >= 4 is 15.7 Å². The molecule has 1 aromatic rings. The van der Waals surface area contributed by atoms with Crippen LogP contribution >= 0.6 is 0 Å². The van der Waals surface area contributed by atoms with Crippen LogP contribution in [0.3, 0.4) is 0 Å². The number of nitrogens with two attached hydrogens (primary N) is 1. The van der Waals surface area contributed by atoms with Gasteiger partial charge in [0, 0.05) is 12.2 Å². The highest BCUT2D eigenvalue weighted by molar-refractivity contribution is 7.92. The average Bonchev–Trinajstić information content (AvgIpc) is 2.10. The van der Waals surface area contributed by atoms with E-state index in [1.54, 1.807) is 6.92 Å². The molecule has 0 unspecified atom stereocenters. The maximum atomic E-state index is 12.9. The van der Waals surface area contributed by atoms with Gasteiger partial charge in [-0.2, -0.15) is 0 Å². The molecule has 0 amide bonds. The lowest BCUT2D eigenvalue weighted by atomic mass is 10.2. The molecule has 0 saturated heterocycles. The molecule has 0 bridgehead atoms. The molecule has 15 heavy (non-hydrogen) atoms. The molecule has 0 fully saturated rings.